The zero-order chi connectivity index (χ0) is 7.00. The normalized spacial score (nSPS) is 13.6. The lowest BCUT2D eigenvalue weighted by atomic mass is 9.28. The van der Waals surface area contributed by atoms with E-state index in [-0.39, 0.29) is 5.11 Å². The summed E-state index contributed by atoms with van der Waals surface area (Å²) in [6, 6.07) is 0. The van der Waals surface area contributed by atoms with Gasteiger partial charge in [-0.2, -0.15) is 0 Å². The maximum absolute atomic E-state index is 9.35. The van der Waals surface area contributed by atoms with Crippen LogP contribution in [0, 0.1) is 0 Å². The van der Waals surface area contributed by atoms with Crippen molar-refractivity contribution in [2.45, 2.75) is 10.5 Å². The quantitative estimate of drug-likeness (QED) is 0.331. The van der Waals surface area contributed by atoms with Crippen molar-refractivity contribution in [2.24, 2.45) is 0 Å². The summed E-state index contributed by atoms with van der Waals surface area (Å²) >= 11 is 0. The maximum atomic E-state index is 9.35. The smallest absolute Gasteiger partial charge is 0.129 e. The molecule has 8 heavy (non-hydrogen) atoms. The molecule has 0 amide bonds. The Morgan fingerprint density at radius 3 is 1.00 bits per heavy atom. The third-order valence-electron chi connectivity index (χ3n) is 1.84. The molecule has 0 heterocycles. The first kappa shape index (κ1) is 8.28. The highest BCUT2D eigenvalue weighted by Crippen LogP contribution is 2.20. The highest BCUT2D eigenvalue weighted by atomic mass is 16.3. The van der Waals surface area contributed by atoms with Crippen LogP contribution in [0.3, 0.4) is 0 Å². The number of hydrogen-bond donors (Lipinski definition) is 1. The van der Waals surface area contributed by atoms with Crippen LogP contribution in [0.15, 0.2) is 0 Å². The molecule has 0 saturated carbocycles. The molecule has 0 rings (SSSR count). The average Bonchev–Trinajstić information content (AvgIpc) is 1.25. The summed E-state index contributed by atoms with van der Waals surface area (Å²) in [5.74, 6) is 0. The van der Waals surface area contributed by atoms with Crippen LogP contribution < -0.4 is 0 Å². The molecule has 0 radical (unpaired) electrons. The molecular weight excluding hydrogens is 94.1 g/mol. The summed E-state index contributed by atoms with van der Waals surface area (Å²) in [5, 5.41) is 8.78. The van der Waals surface area contributed by atoms with Crippen LogP contribution in [-0.2, 0) is 0 Å². The standard InChI is InChI=1S/C2H11B5O/c3-1(4,5)2(6,7)8/h8H,3-7H2. The molecule has 0 aliphatic carbocycles. The van der Waals surface area contributed by atoms with Crippen molar-refractivity contribution in [3.8, 4) is 0 Å². The molecule has 0 saturated heterocycles. The molecule has 0 atom stereocenters. The average molecular weight is 105 g/mol. The minimum atomic E-state index is -0.562. The van der Waals surface area contributed by atoms with Crippen molar-refractivity contribution < 1.29 is 5.11 Å². The van der Waals surface area contributed by atoms with Gasteiger partial charge in [0.2, 0.25) is 0 Å². The molecule has 0 aliphatic rings. The molecule has 0 bridgehead atoms. The minimum Gasteiger partial charge on any atom is -0.409 e. The Balaban J connectivity index is 4.02. The van der Waals surface area contributed by atoms with Crippen LogP contribution in [0.1, 0.15) is 0 Å². The summed E-state index contributed by atoms with van der Waals surface area (Å²) in [5.41, 5.74) is 0. The molecule has 1 nitrogen and oxygen atoms in total. The van der Waals surface area contributed by atoms with Crippen LogP contribution in [0.5, 0.6) is 0 Å². The lowest BCUT2D eigenvalue weighted by Crippen LogP contribution is -2.45. The summed E-state index contributed by atoms with van der Waals surface area (Å²) < 4.78 is 0. The molecule has 1 N–H and O–H groups in total. The third kappa shape index (κ3) is 2.04. The van der Waals surface area contributed by atoms with E-state index in [1.54, 1.807) is 0 Å². The topological polar surface area (TPSA) is 20.2 Å². The predicted octanol–water partition coefficient (Wildman–Crippen LogP) is -5.13. The van der Waals surface area contributed by atoms with Crippen LogP contribution in [0.2, 0.25) is 5.11 Å². The van der Waals surface area contributed by atoms with Crippen molar-refractivity contribution in [3.63, 3.8) is 0 Å². The van der Waals surface area contributed by atoms with Gasteiger partial charge >= 0.3 is 0 Å². The first-order valence-electron chi connectivity index (χ1n) is 2.97. The second-order valence-corrected chi connectivity index (χ2v) is 3.81. The second-order valence-electron chi connectivity index (χ2n) is 3.81. The number of aliphatic hydroxyl groups is 1. The highest BCUT2D eigenvalue weighted by Gasteiger charge is 2.28. The van der Waals surface area contributed by atoms with Gasteiger partial charge in [0, 0.05) is 0 Å². The molecule has 40 valence electrons. The lowest BCUT2D eigenvalue weighted by Gasteiger charge is -2.34. The van der Waals surface area contributed by atoms with Crippen molar-refractivity contribution in [1.82, 2.24) is 0 Å². The van der Waals surface area contributed by atoms with Crippen molar-refractivity contribution in [3.05, 3.63) is 0 Å². The molecular formula is C2H11B5O. The van der Waals surface area contributed by atoms with E-state index in [4.69, 9.17) is 0 Å². The maximum Gasteiger partial charge on any atom is 0.129 e. The van der Waals surface area contributed by atoms with Gasteiger partial charge in [-0.05, 0) is 5.40 Å². The summed E-state index contributed by atoms with van der Waals surface area (Å²) in [7, 11) is 9.72. The Hall–Kier alpha value is 0.285. The highest BCUT2D eigenvalue weighted by molar-refractivity contribution is 6.66. The lowest BCUT2D eigenvalue weighted by molar-refractivity contribution is 0.215. The van der Waals surface area contributed by atoms with Crippen LogP contribution in [-0.4, -0.2) is 49.7 Å². The third-order valence-corrected chi connectivity index (χ3v) is 1.84. The number of hydrogen-bond acceptors (Lipinski definition) is 1. The summed E-state index contributed by atoms with van der Waals surface area (Å²) in [6.45, 7) is 0. The Labute approximate surface area is 55.7 Å². The van der Waals surface area contributed by atoms with E-state index in [0.29, 0.717) is 0 Å². The van der Waals surface area contributed by atoms with E-state index in [1.807, 2.05) is 39.2 Å². The largest absolute Gasteiger partial charge is 0.409 e. The first-order chi connectivity index (χ1) is 3.25. The SMILES string of the molecule is BC(B)(B)C(B)(B)O. The second kappa shape index (κ2) is 1.91. The van der Waals surface area contributed by atoms with Gasteiger partial charge in [-0.15, -0.1) is 0 Å². The van der Waals surface area contributed by atoms with Gasteiger partial charge in [-0.1, -0.05) is 5.11 Å². The molecule has 0 spiro atoms. The zero-order valence-electron chi connectivity index (χ0n) is 6.45. The molecule has 0 aromatic carbocycles. The van der Waals surface area contributed by atoms with Gasteiger partial charge < -0.3 is 5.11 Å². The summed E-state index contributed by atoms with van der Waals surface area (Å²) in [4.78, 5) is 0. The zero-order valence-corrected chi connectivity index (χ0v) is 6.45. The van der Waals surface area contributed by atoms with Gasteiger partial charge in [0.05, 0.1) is 23.5 Å². The van der Waals surface area contributed by atoms with E-state index in [1.165, 1.54) is 0 Å². The predicted molar refractivity (Wildman–Crippen MR) is 50.4 cm³/mol. The van der Waals surface area contributed by atoms with E-state index >= 15 is 0 Å². The van der Waals surface area contributed by atoms with Crippen LogP contribution in [0.4, 0.5) is 0 Å². The van der Waals surface area contributed by atoms with E-state index in [2.05, 4.69) is 0 Å². The molecule has 0 aromatic rings. The fourth-order valence-electron chi connectivity index (χ4n) is 0. The van der Waals surface area contributed by atoms with E-state index in [0.717, 1.165) is 0 Å². The molecule has 0 unspecified atom stereocenters. The monoisotopic (exact) mass is 106 g/mol. The Morgan fingerprint density at radius 2 is 1.00 bits per heavy atom. The van der Waals surface area contributed by atoms with Crippen molar-refractivity contribution in [1.29, 1.82) is 0 Å². The molecule has 0 aliphatic heterocycles. The van der Waals surface area contributed by atoms with Crippen molar-refractivity contribution >= 4 is 39.2 Å². The first-order valence-corrected chi connectivity index (χ1v) is 2.97. The van der Waals surface area contributed by atoms with Gasteiger partial charge in [-0.25, -0.2) is 0 Å². The Morgan fingerprint density at radius 1 is 0.875 bits per heavy atom. The van der Waals surface area contributed by atoms with Crippen LogP contribution >= 0.6 is 0 Å². The van der Waals surface area contributed by atoms with Gasteiger partial charge in [0.15, 0.2) is 0 Å². The van der Waals surface area contributed by atoms with Crippen LogP contribution in [0.25, 0.3) is 0 Å². The fraction of sp³-hybridized carbons (Fsp3) is 1.00. The van der Waals surface area contributed by atoms with E-state index < -0.39 is 5.40 Å². The van der Waals surface area contributed by atoms with E-state index in [9.17, 15) is 5.11 Å². The molecule has 0 fully saturated rings. The van der Waals surface area contributed by atoms with Gasteiger partial charge in [0.25, 0.3) is 0 Å². The Bertz CT molecular complexity index is 65.4. The fourth-order valence-corrected chi connectivity index (χ4v) is 0. The molecule has 0 aromatic heterocycles. The van der Waals surface area contributed by atoms with Gasteiger partial charge in [0.1, 0.15) is 15.7 Å². The summed E-state index contributed by atoms with van der Waals surface area (Å²) in [6.07, 6.45) is 0. The molecule has 6 heteroatoms. The minimum absolute atomic E-state index is 0.00694. The van der Waals surface area contributed by atoms with Crippen molar-refractivity contribution in [2.75, 3.05) is 0 Å². The Kier molecular flexibility index (Phi) is 1.97. The van der Waals surface area contributed by atoms with Gasteiger partial charge in [-0.3, -0.25) is 0 Å². The number of rotatable bonds is 1.